The van der Waals surface area contributed by atoms with E-state index in [9.17, 15) is 19.3 Å². The molecule has 0 radical (unpaired) electrons. The van der Waals surface area contributed by atoms with Crippen molar-refractivity contribution in [2.45, 2.75) is 24.3 Å². The number of nitrogens with zero attached hydrogens (tertiary/aromatic N) is 2. The highest BCUT2D eigenvalue weighted by molar-refractivity contribution is 9.09. The molecule has 3 nitrogen and oxygen atoms in total. The minimum atomic E-state index is -3.43. The molecule has 1 aromatic carbocycles. The lowest BCUT2D eigenvalue weighted by Crippen LogP contribution is -2.19. The fraction of sp³-hybridized carbons (Fsp3) is 0.333. The standard InChI is InChI=1S/C15H13BrF2N2O/c1-2-3-8-14(10-19,11-20)9-12-4-6-13(7-5-12)21-15(16,17)18/h2,4-7H,1,3,8-9H2. The molecule has 1 rings (SSSR count). The number of halogens is 3. The van der Waals surface area contributed by atoms with Gasteiger partial charge in [-0.3, -0.25) is 0 Å². The lowest BCUT2D eigenvalue weighted by atomic mass is 9.80. The first-order valence-corrected chi connectivity index (χ1v) is 6.91. The zero-order valence-corrected chi connectivity index (χ0v) is 12.7. The van der Waals surface area contributed by atoms with Gasteiger partial charge in [-0.1, -0.05) is 18.2 Å². The van der Waals surface area contributed by atoms with Crippen molar-refractivity contribution in [2.75, 3.05) is 0 Å². The van der Waals surface area contributed by atoms with Crippen LogP contribution in [0.1, 0.15) is 18.4 Å². The number of benzene rings is 1. The molecule has 0 saturated heterocycles. The van der Waals surface area contributed by atoms with Gasteiger partial charge in [-0.05, 0) is 30.5 Å². The molecule has 0 N–H and O–H groups in total. The molecule has 0 saturated carbocycles. The second kappa shape index (κ2) is 7.19. The van der Waals surface area contributed by atoms with Crippen LogP contribution < -0.4 is 4.74 Å². The lowest BCUT2D eigenvalue weighted by molar-refractivity contribution is -0.0803. The molecule has 0 amide bonds. The summed E-state index contributed by atoms with van der Waals surface area (Å²) >= 11 is 2.08. The fourth-order valence-electron chi connectivity index (χ4n) is 1.81. The Kier molecular flexibility index (Phi) is 5.87. The molecular formula is C15H13BrF2N2O. The third kappa shape index (κ3) is 5.53. The zero-order valence-electron chi connectivity index (χ0n) is 11.2. The van der Waals surface area contributed by atoms with Gasteiger partial charge < -0.3 is 4.74 Å². The molecule has 0 unspecified atom stereocenters. The van der Waals surface area contributed by atoms with Gasteiger partial charge in [0.05, 0.1) is 12.1 Å². The maximum absolute atomic E-state index is 12.6. The summed E-state index contributed by atoms with van der Waals surface area (Å²) in [5.74, 6) is -0.00812. The minimum Gasteiger partial charge on any atom is -0.424 e. The topological polar surface area (TPSA) is 56.8 Å². The van der Waals surface area contributed by atoms with Gasteiger partial charge in [-0.2, -0.15) is 19.3 Å². The average Bonchev–Trinajstić information content (AvgIpc) is 2.44. The van der Waals surface area contributed by atoms with E-state index in [2.05, 4.69) is 27.2 Å². The van der Waals surface area contributed by atoms with E-state index in [0.29, 0.717) is 18.4 Å². The summed E-state index contributed by atoms with van der Waals surface area (Å²) in [6.45, 7) is 3.57. The Morgan fingerprint density at radius 1 is 1.24 bits per heavy atom. The molecule has 0 fully saturated rings. The maximum atomic E-state index is 12.6. The van der Waals surface area contributed by atoms with Crippen molar-refractivity contribution in [1.82, 2.24) is 0 Å². The maximum Gasteiger partial charge on any atom is 0.459 e. The molecule has 0 bridgehead atoms. The molecule has 21 heavy (non-hydrogen) atoms. The Morgan fingerprint density at radius 2 is 1.81 bits per heavy atom. The number of hydrogen-bond donors (Lipinski definition) is 0. The van der Waals surface area contributed by atoms with Gasteiger partial charge in [0.1, 0.15) is 11.2 Å². The van der Waals surface area contributed by atoms with E-state index < -0.39 is 10.4 Å². The monoisotopic (exact) mass is 354 g/mol. The van der Waals surface area contributed by atoms with Crippen LogP contribution in [0.3, 0.4) is 0 Å². The van der Waals surface area contributed by atoms with Gasteiger partial charge in [0.2, 0.25) is 0 Å². The number of rotatable bonds is 7. The second-order valence-electron chi connectivity index (χ2n) is 4.50. The zero-order chi connectivity index (χ0) is 15.9. The molecule has 0 aliphatic heterocycles. The third-order valence-electron chi connectivity index (χ3n) is 2.87. The summed E-state index contributed by atoms with van der Waals surface area (Å²) in [5.41, 5.74) is -0.442. The summed E-state index contributed by atoms with van der Waals surface area (Å²) in [4.78, 5) is 0. The van der Waals surface area contributed by atoms with Crippen LogP contribution in [-0.4, -0.2) is 5.02 Å². The van der Waals surface area contributed by atoms with Gasteiger partial charge in [0, 0.05) is 22.4 Å². The lowest BCUT2D eigenvalue weighted by Gasteiger charge is -2.18. The predicted molar refractivity (Wildman–Crippen MR) is 77.7 cm³/mol. The van der Waals surface area contributed by atoms with Gasteiger partial charge in [0.25, 0.3) is 0 Å². The smallest absolute Gasteiger partial charge is 0.424 e. The van der Waals surface area contributed by atoms with E-state index in [0.717, 1.165) is 0 Å². The van der Waals surface area contributed by atoms with Crippen molar-refractivity contribution in [2.24, 2.45) is 5.41 Å². The first-order valence-electron chi connectivity index (χ1n) is 6.12. The highest BCUT2D eigenvalue weighted by atomic mass is 79.9. The van der Waals surface area contributed by atoms with Crippen molar-refractivity contribution in [3.05, 3.63) is 42.5 Å². The number of allylic oxidation sites excluding steroid dienone is 1. The Labute approximate surface area is 130 Å². The molecule has 110 valence electrons. The van der Waals surface area contributed by atoms with Crippen molar-refractivity contribution < 1.29 is 13.5 Å². The highest BCUT2D eigenvalue weighted by Crippen LogP contribution is 2.30. The first-order chi connectivity index (χ1) is 9.84. The number of alkyl halides is 3. The van der Waals surface area contributed by atoms with Crippen LogP contribution in [-0.2, 0) is 6.42 Å². The van der Waals surface area contributed by atoms with Gasteiger partial charge >= 0.3 is 5.02 Å². The Balaban J connectivity index is 2.85. The Bertz CT molecular complexity index is 553. The first kappa shape index (κ1) is 17.1. The Hall–Kier alpha value is -1.92. The molecule has 1 aromatic rings. The van der Waals surface area contributed by atoms with Crippen LogP contribution >= 0.6 is 15.9 Å². The second-order valence-corrected chi connectivity index (χ2v) is 5.42. The van der Waals surface area contributed by atoms with Crippen LogP contribution in [0, 0.1) is 28.1 Å². The number of nitriles is 2. The molecule has 0 atom stereocenters. The van der Waals surface area contributed by atoms with Crippen LogP contribution in [0.2, 0.25) is 0 Å². The average molecular weight is 355 g/mol. The largest absolute Gasteiger partial charge is 0.459 e. The predicted octanol–water partition coefficient (Wildman–Crippen LogP) is 4.55. The van der Waals surface area contributed by atoms with E-state index in [1.54, 1.807) is 18.2 Å². The third-order valence-corrected chi connectivity index (χ3v) is 3.03. The quantitative estimate of drug-likeness (QED) is 0.532. The number of ether oxygens (including phenoxy) is 1. The van der Waals surface area contributed by atoms with Crippen molar-refractivity contribution in [3.8, 4) is 17.9 Å². The van der Waals surface area contributed by atoms with E-state index in [-0.39, 0.29) is 12.2 Å². The van der Waals surface area contributed by atoms with E-state index in [4.69, 9.17) is 0 Å². The molecule has 0 aliphatic rings. The van der Waals surface area contributed by atoms with Crippen LogP contribution in [0.25, 0.3) is 0 Å². The molecule has 0 aromatic heterocycles. The van der Waals surface area contributed by atoms with E-state index in [1.807, 2.05) is 12.1 Å². The minimum absolute atomic E-state index is 0.00812. The SMILES string of the molecule is C=CCCC(C#N)(C#N)Cc1ccc(OC(F)(F)Br)cc1. The summed E-state index contributed by atoms with van der Waals surface area (Å²) in [7, 11) is 0. The van der Waals surface area contributed by atoms with E-state index >= 15 is 0 Å². The van der Waals surface area contributed by atoms with Gasteiger partial charge in [0.15, 0.2) is 0 Å². The van der Waals surface area contributed by atoms with Gasteiger partial charge in [-0.25, -0.2) is 0 Å². The molecule has 6 heteroatoms. The van der Waals surface area contributed by atoms with Crippen molar-refractivity contribution in [3.63, 3.8) is 0 Å². The summed E-state index contributed by atoms with van der Waals surface area (Å²) in [6, 6.07) is 9.93. The molecular weight excluding hydrogens is 342 g/mol. The number of hydrogen-bond acceptors (Lipinski definition) is 3. The normalized spacial score (nSPS) is 11.3. The molecule has 0 heterocycles. The molecule has 0 aliphatic carbocycles. The fourth-order valence-corrected chi connectivity index (χ4v) is 2.00. The summed E-state index contributed by atoms with van der Waals surface area (Å²) in [6.07, 6.45) is 2.80. The molecule has 0 spiro atoms. The van der Waals surface area contributed by atoms with Gasteiger partial charge in [-0.15, -0.1) is 6.58 Å². The van der Waals surface area contributed by atoms with Crippen molar-refractivity contribution in [1.29, 1.82) is 10.5 Å². The van der Waals surface area contributed by atoms with E-state index in [1.165, 1.54) is 12.1 Å². The highest BCUT2D eigenvalue weighted by Gasteiger charge is 2.30. The van der Waals surface area contributed by atoms with Crippen LogP contribution in [0.4, 0.5) is 8.78 Å². The summed E-state index contributed by atoms with van der Waals surface area (Å²) < 4.78 is 29.6. The Morgan fingerprint density at radius 3 is 2.24 bits per heavy atom. The summed E-state index contributed by atoms with van der Waals surface area (Å²) in [5, 5.41) is 15.0. The van der Waals surface area contributed by atoms with Crippen LogP contribution in [0.5, 0.6) is 5.75 Å². The van der Waals surface area contributed by atoms with Crippen molar-refractivity contribution >= 4 is 15.9 Å². The van der Waals surface area contributed by atoms with Crippen LogP contribution in [0.15, 0.2) is 36.9 Å².